The minimum absolute atomic E-state index is 0.0425. The Morgan fingerprint density at radius 3 is 2.52 bits per heavy atom. The van der Waals surface area contributed by atoms with Crippen molar-refractivity contribution in [2.24, 2.45) is 0 Å². The van der Waals surface area contributed by atoms with Crippen LogP contribution in [-0.4, -0.2) is 59.4 Å². The molecule has 3 fully saturated rings. The summed E-state index contributed by atoms with van der Waals surface area (Å²) in [7, 11) is 0. The van der Waals surface area contributed by atoms with Crippen molar-refractivity contribution in [2.45, 2.75) is 63.5 Å². The average Bonchev–Trinajstić information content (AvgIpc) is 3.13. The summed E-state index contributed by atoms with van der Waals surface area (Å²) in [5, 5.41) is 3.16. The molecule has 5 nitrogen and oxygen atoms in total. The number of amides is 2. The molecule has 0 spiro atoms. The minimum atomic E-state index is -0.271. The van der Waals surface area contributed by atoms with Gasteiger partial charge in [0.25, 0.3) is 0 Å². The molecule has 0 radical (unpaired) electrons. The first-order valence-corrected chi connectivity index (χ1v) is 8.48. The molecular formula is C16H27N3O2. The minimum Gasteiger partial charge on any atom is -0.352 e. The molecule has 3 aliphatic heterocycles. The number of nitrogens with zero attached hydrogens (tertiary/aromatic N) is 2. The van der Waals surface area contributed by atoms with Gasteiger partial charge in [-0.3, -0.25) is 14.5 Å². The molecule has 118 valence electrons. The van der Waals surface area contributed by atoms with Gasteiger partial charge in [0.2, 0.25) is 11.8 Å². The molecule has 3 saturated heterocycles. The number of carbonyl (C=O) groups is 2. The van der Waals surface area contributed by atoms with E-state index in [9.17, 15) is 9.59 Å². The molecule has 21 heavy (non-hydrogen) atoms. The van der Waals surface area contributed by atoms with E-state index in [-0.39, 0.29) is 23.4 Å². The van der Waals surface area contributed by atoms with Crippen molar-refractivity contribution in [3.8, 4) is 0 Å². The summed E-state index contributed by atoms with van der Waals surface area (Å²) >= 11 is 0. The second-order valence-corrected chi connectivity index (χ2v) is 6.75. The van der Waals surface area contributed by atoms with E-state index in [1.165, 1.54) is 38.8 Å². The molecule has 0 saturated carbocycles. The number of hydrogen-bond donors (Lipinski definition) is 1. The van der Waals surface area contributed by atoms with E-state index in [1.807, 2.05) is 6.92 Å². The van der Waals surface area contributed by atoms with Gasteiger partial charge in [0.15, 0.2) is 0 Å². The Hall–Kier alpha value is -1.10. The third-order valence-corrected chi connectivity index (χ3v) is 5.58. The molecular weight excluding hydrogens is 266 g/mol. The number of carbonyl (C=O) groups excluding carboxylic acids is 2. The molecule has 0 aromatic carbocycles. The SMILES string of the molecule is CCC(C(=O)NCC12CCCN1CCC2)N1CCCC1=O. The number of fused-ring (bicyclic) bond motifs is 1. The van der Waals surface area contributed by atoms with Crippen molar-refractivity contribution in [2.75, 3.05) is 26.2 Å². The van der Waals surface area contributed by atoms with Gasteiger partial charge in [-0.1, -0.05) is 6.92 Å². The lowest BCUT2D eigenvalue weighted by atomic mass is 9.94. The van der Waals surface area contributed by atoms with Crippen molar-refractivity contribution < 1.29 is 9.59 Å². The number of nitrogens with one attached hydrogen (secondary N) is 1. The van der Waals surface area contributed by atoms with Crippen molar-refractivity contribution in [3.63, 3.8) is 0 Å². The van der Waals surface area contributed by atoms with Crippen LogP contribution in [0.2, 0.25) is 0 Å². The smallest absolute Gasteiger partial charge is 0.242 e. The lowest BCUT2D eigenvalue weighted by Gasteiger charge is -2.33. The van der Waals surface area contributed by atoms with Crippen LogP contribution >= 0.6 is 0 Å². The normalized spacial score (nSPS) is 26.1. The summed E-state index contributed by atoms with van der Waals surface area (Å²) in [6.45, 7) is 5.84. The molecule has 0 bridgehead atoms. The largest absolute Gasteiger partial charge is 0.352 e. The van der Waals surface area contributed by atoms with Crippen LogP contribution in [0, 0.1) is 0 Å². The number of rotatable bonds is 5. The predicted octanol–water partition coefficient (Wildman–Crippen LogP) is 1.13. The van der Waals surface area contributed by atoms with Gasteiger partial charge in [-0.25, -0.2) is 0 Å². The molecule has 3 rings (SSSR count). The van der Waals surface area contributed by atoms with Crippen LogP contribution in [0.4, 0.5) is 0 Å². The highest BCUT2D eigenvalue weighted by molar-refractivity contribution is 5.88. The Bertz CT molecular complexity index is 414. The van der Waals surface area contributed by atoms with Crippen LogP contribution in [0.1, 0.15) is 51.9 Å². The zero-order valence-corrected chi connectivity index (χ0v) is 13.1. The van der Waals surface area contributed by atoms with Crippen molar-refractivity contribution in [3.05, 3.63) is 0 Å². The van der Waals surface area contributed by atoms with E-state index in [0.29, 0.717) is 12.8 Å². The Morgan fingerprint density at radius 2 is 1.95 bits per heavy atom. The highest BCUT2D eigenvalue weighted by atomic mass is 16.2. The van der Waals surface area contributed by atoms with Gasteiger partial charge in [0, 0.05) is 25.0 Å². The van der Waals surface area contributed by atoms with Crippen LogP contribution in [0.5, 0.6) is 0 Å². The van der Waals surface area contributed by atoms with Crippen molar-refractivity contribution in [1.29, 1.82) is 0 Å². The van der Waals surface area contributed by atoms with Gasteiger partial charge in [-0.2, -0.15) is 0 Å². The molecule has 0 aromatic heterocycles. The van der Waals surface area contributed by atoms with Gasteiger partial charge in [0.1, 0.15) is 6.04 Å². The number of likely N-dealkylation sites (tertiary alicyclic amines) is 1. The summed E-state index contributed by atoms with van der Waals surface area (Å²) in [5.74, 6) is 0.180. The number of hydrogen-bond acceptors (Lipinski definition) is 3. The fourth-order valence-electron chi connectivity index (χ4n) is 4.43. The topological polar surface area (TPSA) is 52.7 Å². The Kier molecular flexibility index (Phi) is 4.20. The fraction of sp³-hybridized carbons (Fsp3) is 0.875. The van der Waals surface area contributed by atoms with Crippen molar-refractivity contribution in [1.82, 2.24) is 15.1 Å². The molecule has 1 atom stereocenters. The van der Waals surface area contributed by atoms with Crippen LogP contribution in [0.3, 0.4) is 0 Å². The van der Waals surface area contributed by atoms with Crippen molar-refractivity contribution >= 4 is 11.8 Å². The Balaban J connectivity index is 1.59. The molecule has 0 aliphatic carbocycles. The molecule has 1 N–H and O–H groups in total. The second-order valence-electron chi connectivity index (χ2n) is 6.75. The molecule has 1 unspecified atom stereocenters. The van der Waals surface area contributed by atoms with Gasteiger partial charge in [-0.05, 0) is 51.6 Å². The highest BCUT2D eigenvalue weighted by Gasteiger charge is 2.44. The zero-order chi connectivity index (χ0) is 14.9. The van der Waals surface area contributed by atoms with Gasteiger partial charge >= 0.3 is 0 Å². The molecule has 3 aliphatic rings. The van der Waals surface area contributed by atoms with E-state index >= 15 is 0 Å². The van der Waals surface area contributed by atoms with Crippen LogP contribution in [0.15, 0.2) is 0 Å². The summed E-state index contributed by atoms with van der Waals surface area (Å²) in [5.41, 5.74) is 0.211. The summed E-state index contributed by atoms with van der Waals surface area (Å²) in [6, 6.07) is -0.271. The summed E-state index contributed by atoms with van der Waals surface area (Å²) < 4.78 is 0. The first kappa shape index (κ1) is 14.8. The lowest BCUT2D eigenvalue weighted by Crippen LogP contribution is -2.53. The van der Waals surface area contributed by atoms with E-state index in [2.05, 4.69) is 10.2 Å². The maximum absolute atomic E-state index is 12.5. The van der Waals surface area contributed by atoms with Crippen LogP contribution in [-0.2, 0) is 9.59 Å². The zero-order valence-electron chi connectivity index (χ0n) is 13.1. The van der Waals surface area contributed by atoms with Crippen LogP contribution < -0.4 is 5.32 Å². The molecule has 2 amide bonds. The molecule has 5 heteroatoms. The Morgan fingerprint density at radius 1 is 1.24 bits per heavy atom. The maximum atomic E-state index is 12.5. The third kappa shape index (κ3) is 2.68. The maximum Gasteiger partial charge on any atom is 0.242 e. The first-order valence-electron chi connectivity index (χ1n) is 8.48. The lowest BCUT2D eigenvalue weighted by molar-refractivity contribution is -0.137. The third-order valence-electron chi connectivity index (χ3n) is 5.58. The summed E-state index contributed by atoms with van der Waals surface area (Å²) in [4.78, 5) is 28.7. The van der Waals surface area contributed by atoms with E-state index in [0.717, 1.165) is 19.5 Å². The monoisotopic (exact) mass is 293 g/mol. The summed E-state index contributed by atoms with van der Waals surface area (Å²) in [6.07, 6.45) is 7.09. The fourth-order valence-corrected chi connectivity index (χ4v) is 4.43. The highest BCUT2D eigenvalue weighted by Crippen LogP contribution is 2.38. The standard InChI is InChI=1S/C16H27N3O2/c1-2-13(19-11-3-6-14(19)20)15(21)17-12-16-7-4-9-18(16)10-5-8-16/h13H,2-12H2,1H3,(H,17,21). The van der Waals surface area contributed by atoms with Gasteiger partial charge in [0.05, 0.1) is 0 Å². The van der Waals surface area contributed by atoms with E-state index < -0.39 is 0 Å². The van der Waals surface area contributed by atoms with E-state index in [4.69, 9.17) is 0 Å². The van der Waals surface area contributed by atoms with Gasteiger partial charge in [-0.15, -0.1) is 0 Å². The second kappa shape index (κ2) is 5.95. The average molecular weight is 293 g/mol. The molecule has 3 heterocycles. The first-order chi connectivity index (χ1) is 10.2. The molecule has 0 aromatic rings. The quantitative estimate of drug-likeness (QED) is 0.827. The van der Waals surface area contributed by atoms with Gasteiger partial charge < -0.3 is 10.2 Å². The van der Waals surface area contributed by atoms with E-state index in [1.54, 1.807) is 4.90 Å². The Labute approximate surface area is 127 Å². The van der Waals surface area contributed by atoms with Crippen LogP contribution in [0.25, 0.3) is 0 Å². The predicted molar refractivity (Wildman–Crippen MR) is 80.8 cm³/mol.